The lowest BCUT2D eigenvalue weighted by molar-refractivity contribution is 1.18. The van der Waals surface area contributed by atoms with Crippen molar-refractivity contribution in [3.63, 3.8) is 0 Å². The second-order valence-corrected chi connectivity index (χ2v) is 13.2. The molecule has 0 saturated carbocycles. The zero-order chi connectivity index (χ0) is 34.4. The third-order valence-electron chi connectivity index (χ3n) is 10.1. The van der Waals surface area contributed by atoms with Gasteiger partial charge in [0.1, 0.15) is 0 Å². The van der Waals surface area contributed by atoms with Gasteiger partial charge in [-0.3, -0.25) is 4.98 Å². The molecule has 242 valence electrons. The van der Waals surface area contributed by atoms with Gasteiger partial charge in [-0.2, -0.15) is 0 Å². The predicted octanol–water partition coefficient (Wildman–Crippen LogP) is 12.8. The van der Waals surface area contributed by atoms with Gasteiger partial charge in [0.05, 0.1) is 11.4 Å². The molecule has 3 nitrogen and oxygen atoms in total. The highest BCUT2D eigenvalue weighted by molar-refractivity contribution is 6.25. The first kappa shape index (κ1) is 29.9. The maximum absolute atomic E-state index is 5.24. The fraction of sp³-hybridized carbons (Fsp3) is 0. The molecule has 3 heteroatoms. The first-order chi connectivity index (χ1) is 25.8. The fourth-order valence-electron chi connectivity index (χ4n) is 7.62. The Morgan fingerprint density at radius 3 is 1.77 bits per heavy atom. The van der Waals surface area contributed by atoms with E-state index < -0.39 is 0 Å². The fourth-order valence-corrected chi connectivity index (χ4v) is 7.62. The third-order valence-corrected chi connectivity index (χ3v) is 10.1. The van der Waals surface area contributed by atoms with Gasteiger partial charge in [0.25, 0.3) is 0 Å². The molecule has 0 fully saturated rings. The quantitative estimate of drug-likeness (QED) is 0.166. The molecule has 0 spiro atoms. The van der Waals surface area contributed by atoms with Crippen LogP contribution in [0.2, 0.25) is 0 Å². The van der Waals surface area contributed by atoms with Gasteiger partial charge in [0, 0.05) is 34.6 Å². The zero-order valence-corrected chi connectivity index (χ0v) is 28.2. The molecule has 0 aliphatic rings. The monoisotopic (exact) mass is 661 g/mol. The molecular formula is C49H31N3. The number of pyridine rings is 1. The Morgan fingerprint density at radius 1 is 0.327 bits per heavy atom. The van der Waals surface area contributed by atoms with Crippen LogP contribution in [0, 0.1) is 0 Å². The predicted molar refractivity (Wildman–Crippen MR) is 216 cm³/mol. The second-order valence-electron chi connectivity index (χ2n) is 13.2. The zero-order valence-electron chi connectivity index (χ0n) is 28.2. The van der Waals surface area contributed by atoms with Gasteiger partial charge in [-0.05, 0) is 78.3 Å². The van der Waals surface area contributed by atoms with Crippen LogP contribution in [-0.2, 0) is 0 Å². The summed E-state index contributed by atoms with van der Waals surface area (Å²) in [7, 11) is 0. The largest absolute Gasteiger partial charge is 0.264 e. The highest BCUT2D eigenvalue weighted by atomic mass is 14.9. The topological polar surface area (TPSA) is 38.7 Å². The normalized spacial score (nSPS) is 11.5. The molecule has 2 heterocycles. The van der Waals surface area contributed by atoms with Crippen LogP contribution >= 0.6 is 0 Å². The van der Waals surface area contributed by atoms with Crippen molar-refractivity contribution in [2.45, 2.75) is 0 Å². The van der Waals surface area contributed by atoms with Gasteiger partial charge in [0.15, 0.2) is 5.82 Å². The highest BCUT2D eigenvalue weighted by Gasteiger charge is 2.16. The van der Waals surface area contributed by atoms with Crippen molar-refractivity contribution in [2.75, 3.05) is 0 Å². The van der Waals surface area contributed by atoms with Crippen molar-refractivity contribution < 1.29 is 0 Å². The first-order valence-electron chi connectivity index (χ1n) is 17.6. The van der Waals surface area contributed by atoms with Crippen molar-refractivity contribution in [3.8, 4) is 67.3 Å². The Labute approximate surface area is 301 Å². The summed E-state index contributed by atoms with van der Waals surface area (Å²) in [4.78, 5) is 14.9. The van der Waals surface area contributed by atoms with Crippen LogP contribution < -0.4 is 0 Å². The van der Waals surface area contributed by atoms with Crippen LogP contribution in [0.5, 0.6) is 0 Å². The lowest BCUT2D eigenvalue weighted by Crippen LogP contribution is -1.97. The molecule has 0 amide bonds. The van der Waals surface area contributed by atoms with E-state index in [4.69, 9.17) is 9.97 Å². The van der Waals surface area contributed by atoms with E-state index in [0.29, 0.717) is 5.82 Å². The molecule has 0 radical (unpaired) electrons. The van der Waals surface area contributed by atoms with Crippen molar-refractivity contribution in [3.05, 3.63) is 188 Å². The Hall–Kier alpha value is -6.97. The van der Waals surface area contributed by atoms with E-state index in [0.717, 1.165) is 50.3 Å². The van der Waals surface area contributed by atoms with Gasteiger partial charge >= 0.3 is 0 Å². The Balaban J connectivity index is 1.11. The minimum atomic E-state index is 0.681. The Morgan fingerprint density at radius 2 is 0.962 bits per heavy atom. The Bertz CT molecular complexity index is 2860. The van der Waals surface area contributed by atoms with Gasteiger partial charge in [-0.15, -0.1) is 0 Å². The molecule has 0 N–H and O–H groups in total. The van der Waals surface area contributed by atoms with Gasteiger partial charge in [-0.25, -0.2) is 9.97 Å². The number of nitrogens with zero attached hydrogens (tertiary/aromatic N) is 3. The van der Waals surface area contributed by atoms with Crippen molar-refractivity contribution in [1.29, 1.82) is 0 Å². The molecule has 0 aliphatic carbocycles. The molecule has 0 saturated heterocycles. The van der Waals surface area contributed by atoms with Crippen molar-refractivity contribution in [1.82, 2.24) is 15.0 Å². The van der Waals surface area contributed by atoms with Gasteiger partial charge in [-0.1, -0.05) is 158 Å². The van der Waals surface area contributed by atoms with E-state index in [1.54, 1.807) is 6.20 Å². The summed E-state index contributed by atoms with van der Waals surface area (Å²) in [6, 6.07) is 62.4. The number of benzene rings is 8. The van der Waals surface area contributed by atoms with Crippen LogP contribution in [0.25, 0.3) is 99.6 Å². The molecular weight excluding hydrogens is 631 g/mol. The molecule has 0 unspecified atom stereocenters. The first-order valence-corrected chi connectivity index (χ1v) is 17.6. The van der Waals surface area contributed by atoms with Crippen LogP contribution in [-0.4, -0.2) is 15.0 Å². The molecule has 2 aromatic heterocycles. The molecule has 0 atom stereocenters. The second kappa shape index (κ2) is 12.4. The van der Waals surface area contributed by atoms with E-state index in [9.17, 15) is 0 Å². The van der Waals surface area contributed by atoms with Gasteiger partial charge in [0.2, 0.25) is 0 Å². The molecule has 8 aromatic carbocycles. The average Bonchev–Trinajstić information content (AvgIpc) is 3.23. The molecule has 10 rings (SSSR count). The lowest BCUT2D eigenvalue weighted by Gasteiger charge is -2.15. The molecule has 0 bridgehead atoms. The van der Waals surface area contributed by atoms with E-state index in [2.05, 4.69) is 169 Å². The van der Waals surface area contributed by atoms with Crippen LogP contribution in [0.3, 0.4) is 0 Å². The standard InChI is InChI=1S/C49H31N3/c1-2-9-32(10-3-1)38-13-7-14-39(29-38)45-30-46(43-17-5-4-16-41(43)40-15-8-28-50-31-40)52-49(51-45)37-22-18-33(19-23-37)42-26-24-36-21-20-34-11-6-12-35-25-27-44(42)48(36)47(34)35/h1-31H. The van der Waals surface area contributed by atoms with E-state index >= 15 is 0 Å². The summed E-state index contributed by atoms with van der Waals surface area (Å²) in [5.74, 6) is 0.681. The van der Waals surface area contributed by atoms with E-state index in [-0.39, 0.29) is 0 Å². The third kappa shape index (κ3) is 5.19. The molecule has 52 heavy (non-hydrogen) atoms. The minimum absolute atomic E-state index is 0.681. The summed E-state index contributed by atoms with van der Waals surface area (Å²) in [6.07, 6.45) is 3.71. The number of rotatable bonds is 6. The van der Waals surface area contributed by atoms with Crippen LogP contribution in [0.1, 0.15) is 0 Å². The summed E-state index contributed by atoms with van der Waals surface area (Å²) in [5.41, 5.74) is 11.6. The van der Waals surface area contributed by atoms with Gasteiger partial charge < -0.3 is 0 Å². The molecule has 0 aliphatic heterocycles. The van der Waals surface area contributed by atoms with Crippen LogP contribution in [0.4, 0.5) is 0 Å². The SMILES string of the molecule is c1ccc(-c2cccc(-c3cc(-c4ccccc4-c4cccnc4)nc(-c4ccc(-c5ccc6ccc7cccc8ccc5c6c78)cc4)n3)c2)cc1. The average molecular weight is 662 g/mol. The summed E-state index contributed by atoms with van der Waals surface area (Å²) in [6.45, 7) is 0. The summed E-state index contributed by atoms with van der Waals surface area (Å²) in [5, 5.41) is 7.73. The van der Waals surface area contributed by atoms with Crippen molar-refractivity contribution >= 4 is 32.3 Å². The molecule has 10 aromatic rings. The smallest absolute Gasteiger partial charge is 0.160 e. The number of hydrogen-bond acceptors (Lipinski definition) is 3. The lowest BCUT2D eigenvalue weighted by atomic mass is 9.90. The maximum Gasteiger partial charge on any atom is 0.160 e. The number of aromatic nitrogens is 3. The summed E-state index contributed by atoms with van der Waals surface area (Å²) < 4.78 is 0. The van der Waals surface area contributed by atoms with Crippen molar-refractivity contribution in [2.24, 2.45) is 0 Å². The minimum Gasteiger partial charge on any atom is -0.264 e. The Kier molecular flexibility index (Phi) is 7.14. The number of hydrogen-bond donors (Lipinski definition) is 0. The van der Waals surface area contributed by atoms with Crippen LogP contribution in [0.15, 0.2) is 188 Å². The van der Waals surface area contributed by atoms with E-state index in [1.165, 1.54) is 43.4 Å². The highest BCUT2D eigenvalue weighted by Crippen LogP contribution is 2.40. The summed E-state index contributed by atoms with van der Waals surface area (Å²) >= 11 is 0. The van der Waals surface area contributed by atoms with E-state index in [1.807, 2.05) is 18.3 Å². The maximum atomic E-state index is 5.24.